The molecule has 0 aliphatic carbocycles. The molecule has 0 unspecified atom stereocenters. The molecule has 154 valence electrons. The lowest BCUT2D eigenvalue weighted by Gasteiger charge is -2.42. The molecule has 0 atom stereocenters. The zero-order valence-electron chi connectivity index (χ0n) is 16.5. The number of para-hydroxylation sites is 1. The molecule has 6 nitrogen and oxygen atoms in total. The third kappa shape index (κ3) is 3.31. The Morgan fingerprint density at radius 1 is 1.03 bits per heavy atom. The van der Waals surface area contributed by atoms with Crippen molar-refractivity contribution in [3.8, 4) is 0 Å². The molecular weight excluding hydrogens is 410 g/mol. The summed E-state index contributed by atoms with van der Waals surface area (Å²) < 4.78 is 28.0. The van der Waals surface area contributed by atoms with Crippen LogP contribution in [0.4, 0.5) is 5.69 Å². The van der Waals surface area contributed by atoms with Crippen LogP contribution in [-0.2, 0) is 14.8 Å². The molecule has 2 aliphatic rings. The van der Waals surface area contributed by atoms with Crippen molar-refractivity contribution in [3.63, 3.8) is 0 Å². The van der Waals surface area contributed by atoms with E-state index in [4.69, 9.17) is 11.6 Å². The molecule has 0 bridgehead atoms. The molecule has 0 radical (unpaired) electrons. The minimum Gasteiger partial charge on any atom is -0.339 e. The molecule has 2 heterocycles. The monoisotopic (exact) mass is 433 g/mol. The highest BCUT2D eigenvalue weighted by atomic mass is 35.5. The topological polar surface area (TPSA) is 69.7 Å². The predicted molar refractivity (Wildman–Crippen MR) is 114 cm³/mol. The lowest BCUT2D eigenvalue weighted by molar-refractivity contribution is -0.124. The van der Waals surface area contributed by atoms with E-state index in [0.717, 1.165) is 11.3 Å². The number of sulfonamides is 1. The van der Waals surface area contributed by atoms with Crippen molar-refractivity contribution in [2.24, 2.45) is 0 Å². The molecule has 2 fully saturated rings. The highest BCUT2D eigenvalue weighted by Gasteiger charge is 2.51. The maximum absolute atomic E-state index is 13.3. The summed E-state index contributed by atoms with van der Waals surface area (Å²) in [5.41, 5.74) is 1.62. The number of aryl methyl sites for hydroxylation is 2. The number of piperidine rings is 1. The van der Waals surface area contributed by atoms with Gasteiger partial charge in [-0.3, -0.25) is 4.79 Å². The van der Waals surface area contributed by atoms with Gasteiger partial charge in [-0.1, -0.05) is 29.8 Å². The van der Waals surface area contributed by atoms with E-state index < -0.39 is 15.6 Å². The van der Waals surface area contributed by atoms with E-state index in [1.807, 2.05) is 30.3 Å². The first-order valence-electron chi connectivity index (χ1n) is 9.64. The van der Waals surface area contributed by atoms with Crippen molar-refractivity contribution in [1.82, 2.24) is 9.62 Å². The Morgan fingerprint density at radius 3 is 2.34 bits per heavy atom. The molecule has 2 aliphatic heterocycles. The molecule has 0 aromatic heterocycles. The van der Waals surface area contributed by atoms with Gasteiger partial charge >= 0.3 is 0 Å². The van der Waals surface area contributed by atoms with Gasteiger partial charge in [0.05, 0.1) is 11.6 Å². The average Bonchev–Trinajstić information content (AvgIpc) is 3.01. The smallest absolute Gasteiger partial charge is 0.247 e. The summed E-state index contributed by atoms with van der Waals surface area (Å²) in [7, 11) is -3.65. The van der Waals surface area contributed by atoms with Crippen molar-refractivity contribution in [1.29, 1.82) is 0 Å². The molecule has 1 amide bonds. The highest BCUT2D eigenvalue weighted by molar-refractivity contribution is 7.89. The van der Waals surface area contributed by atoms with Crippen LogP contribution in [0.5, 0.6) is 0 Å². The van der Waals surface area contributed by atoms with Crippen LogP contribution in [0.1, 0.15) is 24.0 Å². The van der Waals surface area contributed by atoms with Crippen LogP contribution in [0.3, 0.4) is 0 Å². The van der Waals surface area contributed by atoms with E-state index in [-0.39, 0.29) is 10.8 Å². The Morgan fingerprint density at radius 2 is 1.69 bits per heavy atom. The minimum atomic E-state index is -3.65. The van der Waals surface area contributed by atoms with Gasteiger partial charge in [-0.25, -0.2) is 8.42 Å². The fraction of sp³-hybridized carbons (Fsp3) is 0.381. The maximum atomic E-state index is 13.3. The Labute approximate surface area is 176 Å². The SMILES string of the molecule is Cc1cc(S(=O)(=O)N2CCC3(CC2)C(=O)NCN3c2ccccc2)c(C)cc1Cl. The second-order valence-corrected chi connectivity index (χ2v) is 10.0. The quantitative estimate of drug-likeness (QED) is 0.807. The van der Waals surface area contributed by atoms with Gasteiger partial charge in [0.15, 0.2) is 0 Å². The first-order valence-corrected chi connectivity index (χ1v) is 11.5. The lowest BCUT2D eigenvalue weighted by atomic mass is 9.86. The summed E-state index contributed by atoms with van der Waals surface area (Å²) in [5.74, 6) is -0.0306. The van der Waals surface area contributed by atoms with Crippen LogP contribution in [0.2, 0.25) is 5.02 Å². The van der Waals surface area contributed by atoms with E-state index >= 15 is 0 Å². The molecule has 2 saturated heterocycles. The first kappa shape index (κ1) is 20.2. The van der Waals surface area contributed by atoms with Crippen molar-refractivity contribution < 1.29 is 13.2 Å². The number of benzene rings is 2. The van der Waals surface area contributed by atoms with Crippen LogP contribution in [-0.4, -0.2) is 43.9 Å². The predicted octanol–water partition coefficient (Wildman–Crippen LogP) is 3.07. The summed E-state index contributed by atoms with van der Waals surface area (Å²) >= 11 is 6.14. The fourth-order valence-electron chi connectivity index (χ4n) is 4.30. The summed E-state index contributed by atoms with van der Waals surface area (Å²) in [5, 5.41) is 3.50. The Bertz CT molecular complexity index is 1050. The number of amides is 1. The van der Waals surface area contributed by atoms with E-state index in [9.17, 15) is 13.2 Å². The summed E-state index contributed by atoms with van der Waals surface area (Å²) in [6.45, 7) is 4.57. The Balaban J connectivity index is 1.60. The highest BCUT2D eigenvalue weighted by Crippen LogP contribution is 2.38. The van der Waals surface area contributed by atoms with Gasteiger partial charge < -0.3 is 10.2 Å². The zero-order valence-corrected chi connectivity index (χ0v) is 18.1. The molecule has 29 heavy (non-hydrogen) atoms. The Kier molecular flexibility index (Phi) is 5.09. The second-order valence-electron chi connectivity index (χ2n) is 7.73. The Hall–Kier alpha value is -2.09. The third-order valence-corrected chi connectivity index (χ3v) is 8.48. The van der Waals surface area contributed by atoms with Gasteiger partial charge in [-0.05, 0) is 62.1 Å². The van der Waals surface area contributed by atoms with E-state index in [1.54, 1.807) is 26.0 Å². The number of hydrogen-bond donors (Lipinski definition) is 1. The number of nitrogens with one attached hydrogen (secondary N) is 1. The summed E-state index contributed by atoms with van der Waals surface area (Å²) in [6.07, 6.45) is 0.886. The van der Waals surface area contributed by atoms with Crippen LogP contribution in [0.25, 0.3) is 0 Å². The largest absolute Gasteiger partial charge is 0.339 e. The molecule has 0 saturated carbocycles. The summed E-state index contributed by atoms with van der Waals surface area (Å²) in [4.78, 5) is 15.1. The molecule has 2 aromatic carbocycles. The second kappa shape index (κ2) is 7.31. The number of rotatable bonds is 3. The van der Waals surface area contributed by atoms with E-state index in [2.05, 4.69) is 10.2 Å². The first-order chi connectivity index (χ1) is 13.8. The van der Waals surface area contributed by atoms with Gasteiger partial charge in [0, 0.05) is 23.8 Å². The van der Waals surface area contributed by atoms with Gasteiger partial charge in [-0.2, -0.15) is 4.31 Å². The standard InChI is InChI=1S/C21H24ClN3O3S/c1-15-13-19(16(2)12-18(15)22)29(27,28)24-10-8-21(9-11-24)20(26)23-14-25(21)17-6-4-3-5-7-17/h3-7,12-13H,8-11,14H2,1-2H3,(H,23,26). The van der Waals surface area contributed by atoms with Crippen LogP contribution < -0.4 is 10.2 Å². The third-order valence-electron chi connectivity index (χ3n) is 6.03. The molecular formula is C21H24ClN3O3S. The number of carbonyl (C=O) groups is 1. The average molecular weight is 434 g/mol. The van der Waals surface area contributed by atoms with Crippen LogP contribution in [0.15, 0.2) is 47.4 Å². The van der Waals surface area contributed by atoms with Crippen LogP contribution >= 0.6 is 11.6 Å². The van der Waals surface area contributed by atoms with E-state index in [0.29, 0.717) is 43.2 Å². The fourth-order valence-corrected chi connectivity index (χ4v) is 6.25. The molecule has 8 heteroatoms. The zero-order chi connectivity index (χ0) is 20.8. The normalized spacial score (nSPS) is 19.6. The number of halogens is 1. The molecule has 2 aromatic rings. The molecule has 1 N–H and O–H groups in total. The maximum Gasteiger partial charge on any atom is 0.247 e. The lowest BCUT2D eigenvalue weighted by Crippen LogP contribution is -2.57. The number of carbonyl (C=O) groups excluding carboxylic acids is 1. The van der Waals surface area contributed by atoms with Gasteiger partial charge in [-0.15, -0.1) is 0 Å². The number of hydrogen-bond acceptors (Lipinski definition) is 4. The summed E-state index contributed by atoms with van der Waals surface area (Å²) in [6, 6.07) is 13.1. The molecule has 4 rings (SSSR count). The number of nitrogens with zero attached hydrogens (tertiary/aromatic N) is 2. The minimum absolute atomic E-state index is 0.0306. The van der Waals surface area contributed by atoms with Crippen molar-refractivity contribution in [2.75, 3.05) is 24.7 Å². The van der Waals surface area contributed by atoms with Crippen molar-refractivity contribution in [2.45, 2.75) is 37.1 Å². The van der Waals surface area contributed by atoms with E-state index in [1.165, 1.54) is 4.31 Å². The number of anilines is 1. The van der Waals surface area contributed by atoms with Gasteiger partial charge in [0.1, 0.15) is 5.54 Å². The van der Waals surface area contributed by atoms with Gasteiger partial charge in [0.2, 0.25) is 15.9 Å². The molecule has 1 spiro atoms. The van der Waals surface area contributed by atoms with Crippen LogP contribution in [0, 0.1) is 13.8 Å². The van der Waals surface area contributed by atoms with Crippen molar-refractivity contribution in [3.05, 3.63) is 58.6 Å². The van der Waals surface area contributed by atoms with Gasteiger partial charge in [0.25, 0.3) is 0 Å². The van der Waals surface area contributed by atoms with Crippen molar-refractivity contribution >= 4 is 33.2 Å².